The molecule has 2 heterocycles. The van der Waals surface area contributed by atoms with E-state index in [0.29, 0.717) is 27.4 Å². The van der Waals surface area contributed by atoms with Crippen LogP contribution in [0.1, 0.15) is 0 Å². The molecule has 2 aliphatic heterocycles. The van der Waals surface area contributed by atoms with Gasteiger partial charge in [0, 0.05) is 11.3 Å². The van der Waals surface area contributed by atoms with Gasteiger partial charge in [0.25, 0.3) is 5.91 Å². The van der Waals surface area contributed by atoms with Crippen molar-refractivity contribution in [3.05, 3.63) is 17.2 Å². The zero-order valence-corrected chi connectivity index (χ0v) is 17.1. The summed E-state index contributed by atoms with van der Waals surface area (Å²) >= 11 is 13.1. The number of anilines is 1. The fraction of sp³-hybridized carbons (Fsp3) is 0.467. The highest BCUT2D eigenvalue weighted by Crippen LogP contribution is 2.46. The third-order valence-corrected chi connectivity index (χ3v) is 7.85. The summed E-state index contributed by atoms with van der Waals surface area (Å²) in [5.74, 6) is 0.0879. The van der Waals surface area contributed by atoms with E-state index in [9.17, 15) is 13.2 Å². The second-order valence-electron chi connectivity index (χ2n) is 5.75. The first-order chi connectivity index (χ1) is 12.3. The molecule has 0 aliphatic carbocycles. The summed E-state index contributed by atoms with van der Waals surface area (Å²) in [5, 5.41) is 0.494. The van der Waals surface area contributed by atoms with Crippen LogP contribution in [-0.4, -0.2) is 62.4 Å². The minimum atomic E-state index is -3.17. The number of methoxy groups -OCH3 is 2. The number of thioether (sulfide) groups is 1. The van der Waals surface area contributed by atoms with Gasteiger partial charge in [-0.15, -0.1) is 11.6 Å². The summed E-state index contributed by atoms with van der Waals surface area (Å²) in [5.41, 5.74) is 0.525. The number of ether oxygens (including phenoxy) is 2. The summed E-state index contributed by atoms with van der Waals surface area (Å²) in [7, 11) is -0.205. The molecule has 2 atom stereocenters. The van der Waals surface area contributed by atoms with E-state index in [1.165, 1.54) is 26.0 Å². The Bertz CT molecular complexity index is 875. The highest BCUT2D eigenvalue weighted by atomic mass is 35.5. The van der Waals surface area contributed by atoms with Gasteiger partial charge in [0.15, 0.2) is 15.0 Å². The highest BCUT2D eigenvalue weighted by molar-refractivity contribution is 8.16. The Hall–Kier alpha value is -1.16. The standard InChI is InChI=1S/C15H16Cl2N2O5S2/c1-23-11-4-12(24-2)9(3-8(11)17)19-10-6-26(21,22)7-13(10)25-15(19)18-14(20)5-16/h3-4,10,13H,5-7H2,1-2H3. The van der Waals surface area contributed by atoms with Crippen LogP contribution in [0.2, 0.25) is 5.02 Å². The molecule has 2 saturated heterocycles. The number of amidine groups is 1. The van der Waals surface area contributed by atoms with E-state index >= 15 is 0 Å². The van der Waals surface area contributed by atoms with Gasteiger partial charge in [-0.05, 0) is 6.07 Å². The van der Waals surface area contributed by atoms with Crippen LogP contribution in [0, 0.1) is 0 Å². The van der Waals surface area contributed by atoms with Gasteiger partial charge in [0.1, 0.15) is 17.4 Å². The Kier molecular flexibility index (Phi) is 5.62. The fourth-order valence-corrected chi connectivity index (χ4v) is 7.23. The number of fused-ring (bicyclic) bond motifs is 1. The van der Waals surface area contributed by atoms with Crippen molar-refractivity contribution < 1.29 is 22.7 Å². The maximum atomic E-state index is 12.1. The smallest absolute Gasteiger partial charge is 0.262 e. The van der Waals surface area contributed by atoms with Crippen LogP contribution < -0.4 is 14.4 Å². The van der Waals surface area contributed by atoms with Gasteiger partial charge in [-0.1, -0.05) is 23.4 Å². The van der Waals surface area contributed by atoms with Crippen LogP contribution in [0.5, 0.6) is 11.5 Å². The van der Waals surface area contributed by atoms with Crippen molar-refractivity contribution >= 4 is 61.6 Å². The van der Waals surface area contributed by atoms with E-state index in [1.807, 2.05) is 0 Å². The average molecular weight is 439 g/mol. The van der Waals surface area contributed by atoms with Gasteiger partial charge < -0.3 is 14.4 Å². The van der Waals surface area contributed by atoms with Crippen molar-refractivity contribution in [3.63, 3.8) is 0 Å². The normalized spacial score (nSPS) is 25.4. The molecule has 0 saturated carbocycles. The van der Waals surface area contributed by atoms with Crippen molar-refractivity contribution in [3.8, 4) is 11.5 Å². The van der Waals surface area contributed by atoms with E-state index in [4.69, 9.17) is 32.7 Å². The van der Waals surface area contributed by atoms with Crippen LogP contribution in [0.15, 0.2) is 17.1 Å². The van der Waals surface area contributed by atoms with E-state index in [1.54, 1.807) is 17.0 Å². The van der Waals surface area contributed by atoms with Crippen molar-refractivity contribution in [1.82, 2.24) is 0 Å². The molecular weight excluding hydrogens is 423 g/mol. The maximum absolute atomic E-state index is 12.1. The lowest BCUT2D eigenvalue weighted by molar-refractivity contribution is -0.115. The molecule has 0 N–H and O–H groups in total. The van der Waals surface area contributed by atoms with Gasteiger partial charge in [0.2, 0.25) is 0 Å². The molecule has 2 unspecified atom stereocenters. The monoisotopic (exact) mass is 438 g/mol. The Balaban J connectivity index is 2.13. The number of carbonyl (C=O) groups is 1. The SMILES string of the molecule is COc1cc(OC)c(N2C(=NC(=O)CCl)SC3CS(=O)(=O)CC32)cc1Cl. The van der Waals surface area contributed by atoms with Gasteiger partial charge in [-0.3, -0.25) is 4.79 Å². The van der Waals surface area contributed by atoms with Crippen LogP contribution in [0.3, 0.4) is 0 Å². The molecule has 0 bridgehead atoms. The Morgan fingerprint density at radius 1 is 1.31 bits per heavy atom. The van der Waals surface area contributed by atoms with Crippen LogP contribution in [0.4, 0.5) is 5.69 Å². The average Bonchev–Trinajstić information content (AvgIpc) is 3.05. The third kappa shape index (κ3) is 3.62. The molecule has 2 fully saturated rings. The van der Waals surface area contributed by atoms with Crippen LogP contribution in [-0.2, 0) is 14.6 Å². The number of rotatable bonds is 4. The molecule has 0 radical (unpaired) electrons. The number of carbonyl (C=O) groups excluding carboxylic acids is 1. The van der Waals surface area contributed by atoms with Gasteiger partial charge in [-0.25, -0.2) is 8.42 Å². The van der Waals surface area contributed by atoms with Gasteiger partial charge >= 0.3 is 0 Å². The first kappa shape index (κ1) is 19.6. The summed E-state index contributed by atoms with van der Waals surface area (Å²) < 4.78 is 34.8. The largest absolute Gasteiger partial charge is 0.495 e. The van der Waals surface area contributed by atoms with E-state index in [-0.39, 0.29) is 28.7 Å². The molecule has 0 spiro atoms. The molecule has 1 aromatic carbocycles. The predicted molar refractivity (Wildman–Crippen MR) is 104 cm³/mol. The fourth-order valence-electron chi connectivity index (χ4n) is 3.02. The zero-order chi connectivity index (χ0) is 19.1. The molecule has 1 aromatic rings. The number of aliphatic imine (C=N–C) groups is 1. The molecule has 2 aliphatic rings. The first-order valence-corrected chi connectivity index (χ1v) is 11.2. The Morgan fingerprint density at radius 3 is 2.62 bits per heavy atom. The second kappa shape index (κ2) is 7.46. The summed E-state index contributed by atoms with van der Waals surface area (Å²) in [6.45, 7) is 0. The van der Waals surface area contributed by atoms with Gasteiger partial charge in [0.05, 0.1) is 42.5 Å². The van der Waals surface area contributed by atoms with E-state index in [2.05, 4.69) is 4.99 Å². The number of halogens is 2. The predicted octanol–water partition coefficient (Wildman–Crippen LogP) is 2.20. The molecule has 3 rings (SSSR count). The molecular formula is C15H16Cl2N2O5S2. The Morgan fingerprint density at radius 2 is 2.00 bits per heavy atom. The molecule has 0 aromatic heterocycles. The van der Waals surface area contributed by atoms with E-state index < -0.39 is 15.7 Å². The lowest BCUT2D eigenvalue weighted by Gasteiger charge is -2.26. The number of sulfone groups is 1. The molecule has 11 heteroatoms. The van der Waals surface area contributed by atoms with Crippen LogP contribution in [0.25, 0.3) is 0 Å². The summed E-state index contributed by atoms with van der Waals surface area (Å²) in [6, 6.07) is 2.86. The maximum Gasteiger partial charge on any atom is 0.262 e. The van der Waals surface area contributed by atoms with E-state index in [0.717, 1.165) is 0 Å². The lowest BCUT2D eigenvalue weighted by Crippen LogP contribution is -2.38. The third-order valence-electron chi connectivity index (χ3n) is 4.11. The Labute approximate surface area is 165 Å². The minimum Gasteiger partial charge on any atom is -0.495 e. The summed E-state index contributed by atoms with van der Waals surface area (Å²) in [6.07, 6.45) is 0. The number of alkyl halides is 1. The van der Waals surface area contributed by atoms with Crippen molar-refractivity contribution in [1.29, 1.82) is 0 Å². The molecule has 142 valence electrons. The minimum absolute atomic E-state index is 0.0269. The number of hydrogen-bond donors (Lipinski definition) is 0. The quantitative estimate of drug-likeness (QED) is 0.665. The molecule has 26 heavy (non-hydrogen) atoms. The number of amides is 1. The number of nitrogens with zero attached hydrogens (tertiary/aromatic N) is 2. The van der Waals surface area contributed by atoms with Crippen LogP contribution >= 0.6 is 35.0 Å². The van der Waals surface area contributed by atoms with Gasteiger partial charge in [-0.2, -0.15) is 4.99 Å². The highest BCUT2D eigenvalue weighted by Gasteiger charge is 2.50. The van der Waals surface area contributed by atoms with Crippen molar-refractivity contribution in [2.24, 2.45) is 4.99 Å². The number of benzene rings is 1. The second-order valence-corrected chi connectivity index (χ2v) is 9.79. The summed E-state index contributed by atoms with van der Waals surface area (Å²) in [4.78, 5) is 17.5. The van der Waals surface area contributed by atoms with Crippen molar-refractivity contribution in [2.45, 2.75) is 11.3 Å². The van der Waals surface area contributed by atoms with Crippen molar-refractivity contribution in [2.75, 3.05) is 36.5 Å². The number of hydrogen-bond acceptors (Lipinski definition) is 6. The zero-order valence-electron chi connectivity index (χ0n) is 13.9. The molecule has 1 amide bonds. The first-order valence-electron chi connectivity index (χ1n) is 7.55. The topological polar surface area (TPSA) is 85.3 Å². The molecule has 7 nitrogen and oxygen atoms in total. The lowest BCUT2D eigenvalue weighted by atomic mass is 10.2.